The van der Waals surface area contributed by atoms with Crippen LogP contribution in [0.2, 0.25) is 0 Å². The fourth-order valence-electron chi connectivity index (χ4n) is 2.41. The maximum atomic E-state index is 11.8. The van der Waals surface area contributed by atoms with Gasteiger partial charge in [0.15, 0.2) is 0 Å². The largest absolute Gasteiger partial charge is 0.465 e. The van der Waals surface area contributed by atoms with E-state index in [1.165, 1.54) is 0 Å². The predicted octanol–water partition coefficient (Wildman–Crippen LogP) is 1.47. The average Bonchev–Trinajstić information content (AvgIpc) is 2.63. The summed E-state index contributed by atoms with van der Waals surface area (Å²) in [5.74, 6) is -0.0351. The monoisotopic (exact) mass is 229 g/mol. The molecule has 2 unspecified atom stereocenters. The summed E-state index contributed by atoms with van der Waals surface area (Å²) in [6, 6.07) is 0. The summed E-state index contributed by atoms with van der Waals surface area (Å²) < 4.78 is 10.4. The summed E-state index contributed by atoms with van der Waals surface area (Å²) in [6.45, 7) is 5.57. The van der Waals surface area contributed by atoms with Gasteiger partial charge in [-0.25, -0.2) is 0 Å². The van der Waals surface area contributed by atoms with Crippen molar-refractivity contribution in [3.8, 4) is 0 Å². The second-order valence-electron chi connectivity index (χ2n) is 4.34. The van der Waals surface area contributed by atoms with Gasteiger partial charge in [0.2, 0.25) is 0 Å². The van der Waals surface area contributed by atoms with E-state index in [4.69, 9.17) is 15.2 Å². The van der Waals surface area contributed by atoms with Crippen molar-refractivity contribution in [2.75, 3.05) is 19.8 Å². The smallest absolute Gasteiger partial charge is 0.326 e. The van der Waals surface area contributed by atoms with Crippen molar-refractivity contribution in [2.45, 2.75) is 45.1 Å². The highest BCUT2D eigenvalue weighted by atomic mass is 16.5. The zero-order valence-corrected chi connectivity index (χ0v) is 10.3. The molecule has 1 rings (SSSR count). The molecular formula is C12H23NO3. The van der Waals surface area contributed by atoms with Crippen LogP contribution in [0, 0.1) is 5.92 Å². The lowest BCUT2D eigenvalue weighted by Gasteiger charge is -2.28. The van der Waals surface area contributed by atoms with E-state index in [9.17, 15) is 4.79 Å². The van der Waals surface area contributed by atoms with E-state index in [2.05, 4.69) is 0 Å². The molecule has 0 saturated heterocycles. The van der Waals surface area contributed by atoms with Crippen molar-refractivity contribution >= 4 is 5.97 Å². The highest BCUT2D eigenvalue weighted by molar-refractivity contribution is 5.81. The maximum absolute atomic E-state index is 11.8. The van der Waals surface area contributed by atoms with Crippen LogP contribution in [0.4, 0.5) is 0 Å². The molecular weight excluding hydrogens is 206 g/mol. The Labute approximate surface area is 97.5 Å². The number of carbonyl (C=O) groups is 1. The van der Waals surface area contributed by atoms with Crippen LogP contribution in [0.3, 0.4) is 0 Å². The Morgan fingerprint density at radius 2 is 2.19 bits per heavy atom. The van der Waals surface area contributed by atoms with Crippen LogP contribution in [-0.2, 0) is 14.3 Å². The fourth-order valence-corrected chi connectivity index (χ4v) is 2.41. The van der Waals surface area contributed by atoms with Crippen LogP contribution in [0.15, 0.2) is 0 Å². The van der Waals surface area contributed by atoms with Crippen LogP contribution in [0.5, 0.6) is 0 Å². The van der Waals surface area contributed by atoms with E-state index in [1.807, 2.05) is 13.8 Å². The van der Waals surface area contributed by atoms with Crippen molar-refractivity contribution in [1.82, 2.24) is 0 Å². The summed E-state index contributed by atoms with van der Waals surface area (Å²) in [7, 11) is 0. The molecule has 2 atom stereocenters. The van der Waals surface area contributed by atoms with Gasteiger partial charge in [0.05, 0.1) is 6.61 Å². The quantitative estimate of drug-likeness (QED) is 0.553. The average molecular weight is 229 g/mol. The van der Waals surface area contributed by atoms with Crippen molar-refractivity contribution in [3.63, 3.8) is 0 Å². The number of ether oxygens (including phenoxy) is 2. The number of hydrogen-bond donors (Lipinski definition) is 1. The van der Waals surface area contributed by atoms with Gasteiger partial charge in [-0.2, -0.15) is 0 Å². The van der Waals surface area contributed by atoms with Crippen molar-refractivity contribution in [3.05, 3.63) is 0 Å². The lowest BCUT2D eigenvalue weighted by molar-refractivity contribution is -0.151. The van der Waals surface area contributed by atoms with Gasteiger partial charge in [0, 0.05) is 13.2 Å². The van der Waals surface area contributed by atoms with Crippen LogP contribution in [0.25, 0.3) is 0 Å². The first-order valence-electron chi connectivity index (χ1n) is 6.19. The van der Waals surface area contributed by atoms with E-state index in [0.29, 0.717) is 19.8 Å². The summed E-state index contributed by atoms with van der Waals surface area (Å²) in [4.78, 5) is 11.8. The number of esters is 1. The van der Waals surface area contributed by atoms with Gasteiger partial charge in [0.25, 0.3) is 0 Å². The van der Waals surface area contributed by atoms with Gasteiger partial charge in [-0.15, -0.1) is 0 Å². The van der Waals surface area contributed by atoms with Gasteiger partial charge in [-0.05, 0) is 39.0 Å². The molecule has 16 heavy (non-hydrogen) atoms. The molecule has 0 spiro atoms. The minimum Gasteiger partial charge on any atom is -0.465 e. The molecule has 1 aliphatic rings. The molecule has 0 radical (unpaired) electrons. The lowest BCUT2D eigenvalue weighted by Crippen LogP contribution is -2.52. The normalized spacial score (nSPS) is 29.3. The van der Waals surface area contributed by atoms with Crippen LogP contribution in [0.1, 0.15) is 39.5 Å². The third kappa shape index (κ3) is 2.95. The summed E-state index contributed by atoms with van der Waals surface area (Å²) in [5, 5.41) is 0. The fraction of sp³-hybridized carbons (Fsp3) is 0.917. The number of rotatable bonds is 6. The Bertz CT molecular complexity index is 232. The summed E-state index contributed by atoms with van der Waals surface area (Å²) in [5.41, 5.74) is 5.41. The maximum Gasteiger partial charge on any atom is 0.326 e. The topological polar surface area (TPSA) is 61.5 Å². The van der Waals surface area contributed by atoms with Gasteiger partial charge < -0.3 is 15.2 Å². The number of carbonyl (C=O) groups excluding carboxylic acids is 1. The number of hydrogen-bond acceptors (Lipinski definition) is 4. The molecule has 0 aromatic carbocycles. The van der Waals surface area contributed by atoms with E-state index in [1.54, 1.807) is 0 Å². The minimum atomic E-state index is -0.771. The van der Waals surface area contributed by atoms with E-state index in [-0.39, 0.29) is 11.9 Å². The third-order valence-corrected chi connectivity index (χ3v) is 3.34. The summed E-state index contributed by atoms with van der Waals surface area (Å²) >= 11 is 0. The Kier molecular flexibility index (Phi) is 5.22. The first-order valence-corrected chi connectivity index (χ1v) is 6.19. The molecule has 1 saturated carbocycles. The number of nitrogens with two attached hydrogens (primary N) is 1. The molecule has 0 amide bonds. The minimum absolute atomic E-state index is 0.207. The molecule has 0 aromatic rings. The van der Waals surface area contributed by atoms with Gasteiger partial charge in [-0.1, -0.05) is 6.42 Å². The molecule has 1 fully saturated rings. The van der Waals surface area contributed by atoms with E-state index < -0.39 is 5.54 Å². The van der Waals surface area contributed by atoms with E-state index >= 15 is 0 Å². The predicted molar refractivity (Wildman–Crippen MR) is 62.0 cm³/mol. The first kappa shape index (κ1) is 13.5. The van der Waals surface area contributed by atoms with Crippen LogP contribution in [-0.4, -0.2) is 31.3 Å². The Balaban J connectivity index is 2.52. The van der Waals surface area contributed by atoms with Crippen LogP contribution >= 0.6 is 0 Å². The van der Waals surface area contributed by atoms with Gasteiger partial charge >= 0.3 is 5.97 Å². The molecule has 1 aliphatic carbocycles. The highest BCUT2D eigenvalue weighted by Gasteiger charge is 2.46. The van der Waals surface area contributed by atoms with Crippen molar-refractivity contribution in [1.29, 1.82) is 0 Å². The van der Waals surface area contributed by atoms with Crippen LogP contribution < -0.4 is 5.73 Å². The molecule has 4 heteroatoms. The van der Waals surface area contributed by atoms with Gasteiger partial charge in [0.1, 0.15) is 5.54 Å². The van der Waals surface area contributed by atoms with Crippen molar-refractivity contribution < 1.29 is 14.3 Å². The zero-order valence-electron chi connectivity index (χ0n) is 10.3. The molecule has 0 aliphatic heterocycles. The second-order valence-corrected chi connectivity index (χ2v) is 4.34. The molecule has 4 nitrogen and oxygen atoms in total. The standard InChI is InChI=1S/C12H23NO3/c1-3-15-9-7-10-6-5-8-12(10,13)11(14)16-4-2/h10H,3-9,13H2,1-2H3. The van der Waals surface area contributed by atoms with Gasteiger partial charge in [-0.3, -0.25) is 4.79 Å². The Morgan fingerprint density at radius 1 is 1.44 bits per heavy atom. The first-order chi connectivity index (χ1) is 7.65. The molecule has 2 N–H and O–H groups in total. The Morgan fingerprint density at radius 3 is 2.81 bits per heavy atom. The second kappa shape index (κ2) is 6.21. The highest BCUT2D eigenvalue weighted by Crippen LogP contribution is 2.36. The lowest BCUT2D eigenvalue weighted by atomic mass is 9.86. The molecule has 94 valence electrons. The third-order valence-electron chi connectivity index (χ3n) is 3.34. The molecule has 0 bridgehead atoms. The summed E-state index contributed by atoms with van der Waals surface area (Å²) in [6.07, 6.45) is 3.60. The molecule has 0 heterocycles. The zero-order chi connectivity index (χ0) is 12.0. The Hall–Kier alpha value is -0.610. The van der Waals surface area contributed by atoms with E-state index in [0.717, 1.165) is 25.7 Å². The van der Waals surface area contributed by atoms with Crippen molar-refractivity contribution in [2.24, 2.45) is 11.7 Å². The molecule has 0 aromatic heterocycles. The SMILES string of the molecule is CCOCCC1CCCC1(N)C(=O)OCC.